The Morgan fingerprint density at radius 3 is 2.44 bits per heavy atom. The molecule has 0 aliphatic carbocycles. The highest BCUT2D eigenvalue weighted by atomic mass is 79.9. The van der Waals surface area contributed by atoms with Gasteiger partial charge in [-0.1, -0.05) is 12.1 Å². The number of amides is 1. The van der Waals surface area contributed by atoms with Gasteiger partial charge in [0.15, 0.2) is 18.1 Å². The number of hydrogen-bond acceptors (Lipinski definition) is 8. The van der Waals surface area contributed by atoms with Gasteiger partial charge >= 0.3 is 0 Å². The molecule has 10 nitrogen and oxygen atoms in total. The zero-order valence-electron chi connectivity index (χ0n) is 18.1. The SMILES string of the molecule is COc1ccccc1NC(=O)COc1c(Br)cc(-c2c(C#N)c(N)[nH]c(=O)c2C#N)cc1OC. The summed E-state index contributed by atoms with van der Waals surface area (Å²) in [6.07, 6.45) is 0. The van der Waals surface area contributed by atoms with Crippen LogP contribution in [0.2, 0.25) is 0 Å². The second-order valence-corrected chi connectivity index (χ2v) is 7.60. The first-order valence-electron chi connectivity index (χ1n) is 9.64. The summed E-state index contributed by atoms with van der Waals surface area (Å²) in [6.45, 7) is -0.350. The van der Waals surface area contributed by atoms with Gasteiger partial charge < -0.3 is 30.2 Å². The minimum atomic E-state index is -0.725. The first-order valence-corrected chi connectivity index (χ1v) is 10.4. The maximum Gasteiger partial charge on any atom is 0.268 e. The summed E-state index contributed by atoms with van der Waals surface area (Å²) in [6, 6.07) is 13.7. The van der Waals surface area contributed by atoms with E-state index in [0.29, 0.717) is 21.5 Å². The summed E-state index contributed by atoms with van der Waals surface area (Å²) in [5.41, 5.74) is 5.60. The molecule has 1 heterocycles. The van der Waals surface area contributed by atoms with Crippen LogP contribution >= 0.6 is 15.9 Å². The number of rotatable bonds is 7. The van der Waals surface area contributed by atoms with Crippen molar-refractivity contribution in [1.29, 1.82) is 10.5 Å². The minimum Gasteiger partial charge on any atom is -0.495 e. The van der Waals surface area contributed by atoms with E-state index in [1.165, 1.54) is 26.4 Å². The van der Waals surface area contributed by atoms with Gasteiger partial charge in [0.1, 0.15) is 34.8 Å². The molecule has 1 aromatic heterocycles. The number of nitrogens with two attached hydrogens (primary N) is 1. The fourth-order valence-electron chi connectivity index (χ4n) is 3.21. The first-order chi connectivity index (χ1) is 16.3. The van der Waals surface area contributed by atoms with E-state index >= 15 is 0 Å². The molecule has 0 aliphatic rings. The van der Waals surface area contributed by atoms with Crippen LogP contribution in [0.5, 0.6) is 17.2 Å². The maximum atomic E-state index is 12.4. The number of anilines is 2. The topological polar surface area (TPSA) is 163 Å². The number of methoxy groups -OCH3 is 2. The molecular weight excluding hydrogens is 506 g/mol. The molecule has 11 heteroatoms. The maximum absolute atomic E-state index is 12.4. The van der Waals surface area contributed by atoms with E-state index in [-0.39, 0.29) is 40.6 Å². The van der Waals surface area contributed by atoms with Crippen molar-refractivity contribution >= 4 is 33.3 Å². The molecule has 0 unspecified atom stereocenters. The largest absolute Gasteiger partial charge is 0.495 e. The van der Waals surface area contributed by atoms with Gasteiger partial charge in [0.05, 0.1) is 24.4 Å². The van der Waals surface area contributed by atoms with Crippen LogP contribution in [0.3, 0.4) is 0 Å². The van der Waals surface area contributed by atoms with Gasteiger partial charge in [-0.3, -0.25) is 9.59 Å². The third-order valence-electron chi connectivity index (χ3n) is 4.71. The molecule has 0 spiro atoms. The Labute approximate surface area is 202 Å². The lowest BCUT2D eigenvalue weighted by Crippen LogP contribution is -2.21. The summed E-state index contributed by atoms with van der Waals surface area (Å²) in [5, 5.41) is 21.7. The van der Waals surface area contributed by atoms with Crippen LogP contribution < -0.4 is 30.8 Å². The molecule has 0 saturated carbocycles. The predicted molar refractivity (Wildman–Crippen MR) is 128 cm³/mol. The molecule has 0 atom stereocenters. The summed E-state index contributed by atoms with van der Waals surface area (Å²) < 4.78 is 16.6. The Morgan fingerprint density at radius 2 is 1.79 bits per heavy atom. The summed E-state index contributed by atoms with van der Waals surface area (Å²) in [4.78, 5) is 26.9. The Morgan fingerprint density at radius 1 is 1.12 bits per heavy atom. The quantitative estimate of drug-likeness (QED) is 0.424. The van der Waals surface area contributed by atoms with E-state index < -0.39 is 11.5 Å². The van der Waals surface area contributed by atoms with Crippen molar-refractivity contribution < 1.29 is 19.0 Å². The monoisotopic (exact) mass is 523 g/mol. The lowest BCUT2D eigenvalue weighted by molar-refractivity contribution is -0.118. The zero-order valence-corrected chi connectivity index (χ0v) is 19.6. The number of H-pyrrole nitrogens is 1. The number of nitrogen functional groups attached to an aromatic ring is 1. The van der Waals surface area contributed by atoms with Crippen molar-refractivity contribution in [1.82, 2.24) is 4.98 Å². The third kappa shape index (κ3) is 4.80. The molecule has 1 amide bonds. The van der Waals surface area contributed by atoms with Gasteiger partial charge in [0.2, 0.25) is 0 Å². The van der Waals surface area contributed by atoms with Crippen molar-refractivity contribution in [2.24, 2.45) is 0 Å². The number of hydrogen-bond donors (Lipinski definition) is 3. The molecule has 3 rings (SSSR count). The molecule has 0 fully saturated rings. The number of halogens is 1. The molecule has 0 saturated heterocycles. The summed E-state index contributed by atoms with van der Waals surface area (Å²) in [7, 11) is 2.88. The third-order valence-corrected chi connectivity index (χ3v) is 5.30. The number of carbonyl (C=O) groups is 1. The van der Waals surface area contributed by atoms with Gasteiger partial charge in [-0.15, -0.1) is 0 Å². The summed E-state index contributed by atoms with van der Waals surface area (Å²) in [5.74, 6) is 0.295. The molecule has 4 N–H and O–H groups in total. The van der Waals surface area contributed by atoms with Gasteiger partial charge in [-0.05, 0) is 45.8 Å². The average molecular weight is 524 g/mol. The van der Waals surface area contributed by atoms with Crippen LogP contribution in [0.4, 0.5) is 11.5 Å². The number of aromatic nitrogens is 1. The van der Waals surface area contributed by atoms with E-state index in [1.807, 2.05) is 12.1 Å². The smallest absolute Gasteiger partial charge is 0.268 e. The standard InChI is InChI=1S/C23H18BrN5O5/c1-32-17-6-4-3-5-16(17)28-19(30)11-34-21-15(24)7-12(8-18(21)33-2)20-13(9-25)22(27)29-23(31)14(20)10-26/h3-8H,11H2,1-2H3,(H,28,30)(H3,27,29,31). The number of aromatic amines is 1. The van der Waals surface area contributed by atoms with Crippen LogP contribution in [0.15, 0.2) is 45.7 Å². The first kappa shape index (κ1) is 24.2. The van der Waals surface area contributed by atoms with E-state index in [2.05, 4.69) is 26.2 Å². The fourth-order valence-corrected chi connectivity index (χ4v) is 3.76. The zero-order chi connectivity index (χ0) is 24.8. The van der Waals surface area contributed by atoms with Crippen LogP contribution in [-0.4, -0.2) is 31.7 Å². The van der Waals surface area contributed by atoms with Crippen LogP contribution in [0.1, 0.15) is 11.1 Å². The van der Waals surface area contributed by atoms with Crippen molar-refractivity contribution in [3.63, 3.8) is 0 Å². The predicted octanol–water partition coefficient (Wildman–Crippen LogP) is 3.16. The Hall–Kier alpha value is -4.48. The summed E-state index contributed by atoms with van der Waals surface area (Å²) >= 11 is 3.37. The Kier molecular flexibility index (Phi) is 7.41. The van der Waals surface area contributed by atoms with Crippen molar-refractivity contribution in [3.8, 4) is 40.5 Å². The molecule has 0 bridgehead atoms. The number of benzene rings is 2. The lowest BCUT2D eigenvalue weighted by atomic mass is 9.96. The van der Waals surface area contributed by atoms with E-state index in [4.69, 9.17) is 19.9 Å². The molecular formula is C23H18BrN5O5. The van der Waals surface area contributed by atoms with Crippen LogP contribution in [0, 0.1) is 22.7 Å². The number of nitrogens with one attached hydrogen (secondary N) is 2. The minimum absolute atomic E-state index is 0.0602. The Balaban J connectivity index is 1.94. The van der Waals surface area contributed by atoms with Gasteiger partial charge in [-0.25, -0.2) is 0 Å². The lowest BCUT2D eigenvalue weighted by Gasteiger charge is -2.16. The molecule has 2 aromatic carbocycles. The number of nitriles is 2. The molecule has 0 aliphatic heterocycles. The molecule has 172 valence electrons. The highest BCUT2D eigenvalue weighted by Crippen LogP contribution is 2.41. The van der Waals surface area contributed by atoms with Crippen LogP contribution in [-0.2, 0) is 4.79 Å². The highest BCUT2D eigenvalue weighted by molar-refractivity contribution is 9.10. The molecule has 34 heavy (non-hydrogen) atoms. The second-order valence-electron chi connectivity index (χ2n) is 6.74. The number of ether oxygens (including phenoxy) is 3. The van der Waals surface area contributed by atoms with Gasteiger partial charge in [0.25, 0.3) is 11.5 Å². The van der Waals surface area contributed by atoms with Crippen molar-refractivity contribution in [3.05, 3.63) is 62.4 Å². The molecule has 3 aromatic rings. The van der Waals surface area contributed by atoms with Gasteiger partial charge in [-0.2, -0.15) is 10.5 Å². The average Bonchev–Trinajstić information content (AvgIpc) is 2.82. The normalized spacial score (nSPS) is 10.0. The van der Waals surface area contributed by atoms with E-state index in [1.54, 1.807) is 24.3 Å². The van der Waals surface area contributed by atoms with E-state index in [0.717, 1.165) is 0 Å². The molecule has 0 radical (unpaired) electrons. The van der Waals surface area contributed by atoms with Crippen molar-refractivity contribution in [2.45, 2.75) is 0 Å². The number of carbonyl (C=O) groups excluding carboxylic acids is 1. The van der Waals surface area contributed by atoms with Crippen LogP contribution in [0.25, 0.3) is 11.1 Å². The fraction of sp³-hybridized carbons (Fsp3) is 0.130. The number of nitrogens with zero attached hydrogens (tertiary/aromatic N) is 2. The van der Waals surface area contributed by atoms with Crippen molar-refractivity contribution in [2.75, 3.05) is 31.9 Å². The Bertz CT molecular complexity index is 1400. The van der Waals surface area contributed by atoms with E-state index in [9.17, 15) is 20.1 Å². The number of pyridine rings is 1. The highest BCUT2D eigenvalue weighted by Gasteiger charge is 2.22. The van der Waals surface area contributed by atoms with Gasteiger partial charge in [0, 0.05) is 5.56 Å². The number of para-hydroxylation sites is 2. The second kappa shape index (κ2) is 10.4.